The third-order valence-electron chi connectivity index (χ3n) is 2.51. The van der Waals surface area contributed by atoms with Crippen LogP contribution in [0.5, 0.6) is 0 Å². The van der Waals surface area contributed by atoms with Crippen LogP contribution >= 0.6 is 0 Å². The molecule has 0 fully saturated rings. The first-order chi connectivity index (χ1) is 13.2. The standard InChI is InChI=1S/C10H10O2.C5H6O4.C5H8O2/c1-2-10(11)12-8-9-6-4-3-5-7-9;1-3(5(8)9)2-4(6)7;1-3-5(6)7-4-2/h2-7H,1,8H2;1-2H2,(H,6,7)(H,8,9);3H,1,4H2,2H3. The van der Waals surface area contributed by atoms with Crippen molar-refractivity contribution in [1.29, 1.82) is 0 Å². The summed E-state index contributed by atoms with van der Waals surface area (Å²) >= 11 is 0. The monoisotopic (exact) mass is 392 g/mol. The van der Waals surface area contributed by atoms with Crippen LogP contribution < -0.4 is 0 Å². The molecule has 0 bridgehead atoms. The highest BCUT2D eigenvalue weighted by Crippen LogP contribution is 2.00. The quantitative estimate of drug-likeness (QED) is 0.511. The number of ether oxygens (including phenoxy) is 2. The highest BCUT2D eigenvalue weighted by atomic mass is 16.5. The maximum absolute atomic E-state index is 10.6. The van der Waals surface area contributed by atoms with Crippen LogP contribution in [0.1, 0.15) is 18.9 Å². The van der Waals surface area contributed by atoms with Gasteiger partial charge >= 0.3 is 23.9 Å². The minimum atomic E-state index is -1.27. The topological polar surface area (TPSA) is 127 Å². The van der Waals surface area contributed by atoms with Gasteiger partial charge < -0.3 is 19.7 Å². The van der Waals surface area contributed by atoms with Crippen LogP contribution in [0.4, 0.5) is 0 Å². The van der Waals surface area contributed by atoms with E-state index in [4.69, 9.17) is 14.9 Å². The summed E-state index contributed by atoms with van der Waals surface area (Å²) in [5.41, 5.74) is 0.676. The Kier molecular flexibility index (Phi) is 15.9. The molecule has 0 radical (unpaired) electrons. The molecule has 0 saturated heterocycles. The van der Waals surface area contributed by atoms with Crippen molar-refractivity contribution >= 4 is 23.9 Å². The number of benzene rings is 1. The van der Waals surface area contributed by atoms with Gasteiger partial charge in [0.25, 0.3) is 0 Å². The SMILES string of the molecule is C=C(CC(=O)O)C(=O)O.C=CC(=O)OCC.C=CC(=O)OCc1ccccc1. The van der Waals surface area contributed by atoms with Gasteiger partial charge in [0, 0.05) is 17.7 Å². The van der Waals surface area contributed by atoms with E-state index in [1.54, 1.807) is 6.92 Å². The lowest BCUT2D eigenvalue weighted by Crippen LogP contribution is -2.04. The van der Waals surface area contributed by atoms with Crippen LogP contribution in [-0.4, -0.2) is 40.7 Å². The van der Waals surface area contributed by atoms with Crippen LogP contribution in [0.15, 0.2) is 67.8 Å². The van der Waals surface area contributed by atoms with Gasteiger partial charge in [-0.25, -0.2) is 14.4 Å². The zero-order chi connectivity index (χ0) is 21.9. The van der Waals surface area contributed by atoms with Gasteiger partial charge in [-0.2, -0.15) is 0 Å². The Bertz CT molecular complexity index is 677. The van der Waals surface area contributed by atoms with Gasteiger partial charge in [0.1, 0.15) is 6.61 Å². The van der Waals surface area contributed by atoms with Gasteiger partial charge in [0.2, 0.25) is 0 Å². The minimum Gasteiger partial charge on any atom is -0.481 e. The molecule has 0 aliphatic heterocycles. The number of carboxylic acid groups (broad SMARTS) is 2. The minimum absolute atomic E-state index is 0.303. The molecular weight excluding hydrogens is 368 g/mol. The van der Waals surface area contributed by atoms with Gasteiger partial charge in [0.15, 0.2) is 0 Å². The van der Waals surface area contributed by atoms with E-state index in [0.717, 1.165) is 17.7 Å². The summed E-state index contributed by atoms with van der Waals surface area (Å²) in [7, 11) is 0. The lowest BCUT2D eigenvalue weighted by Gasteiger charge is -2.00. The number of hydrogen-bond acceptors (Lipinski definition) is 6. The number of esters is 2. The highest BCUT2D eigenvalue weighted by molar-refractivity contribution is 5.91. The first kappa shape index (κ1) is 26.5. The molecule has 2 N–H and O–H groups in total. The smallest absolute Gasteiger partial charge is 0.331 e. The van der Waals surface area contributed by atoms with E-state index in [9.17, 15) is 19.2 Å². The molecule has 0 aromatic heterocycles. The van der Waals surface area contributed by atoms with Crippen LogP contribution in [0.3, 0.4) is 0 Å². The van der Waals surface area contributed by atoms with Crippen LogP contribution in [0.25, 0.3) is 0 Å². The van der Waals surface area contributed by atoms with E-state index in [0.29, 0.717) is 13.2 Å². The Morgan fingerprint density at radius 3 is 1.79 bits per heavy atom. The maximum atomic E-state index is 10.6. The Morgan fingerprint density at radius 2 is 1.46 bits per heavy atom. The molecule has 1 aromatic rings. The Hall–Kier alpha value is -3.68. The predicted octanol–water partition coefficient (Wildman–Crippen LogP) is 2.75. The van der Waals surface area contributed by atoms with E-state index in [2.05, 4.69) is 24.5 Å². The van der Waals surface area contributed by atoms with Gasteiger partial charge in [-0.1, -0.05) is 50.1 Å². The van der Waals surface area contributed by atoms with Gasteiger partial charge in [-0.3, -0.25) is 4.79 Å². The number of carbonyl (C=O) groups excluding carboxylic acids is 2. The number of hydrogen-bond donors (Lipinski definition) is 2. The summed E-state index contributed by atoms with van der Waals surface area (Å²) < 4.78 is 9.25. The van der Waals surface area contributed by atoms with Crippen molar-refractivity contribution in [2.24, 2.45) is 0 Å². The summed E-state index contributed by atoms with van der Waals surface area (Å²) in [6.45, 7) is 12.0. The predicted molar refractivity (Wildman–Crippen MR) is 102 cm³/mol. The van der Waals surface area contributed by atoms with Gasteiger partial charge in [0.05, 0.1) is 13.0 Å². The molecule has 0 amide bonds. The van der Waals surface area contributed by atoms with Gasteiger partial charge in [-0.05, 0) is 12.5 Å². The maximum Gasteiger partial charge on any atom is 0.331 e. The normalized spacial score (nSPS) is 8.46. The molecule has 0 spiro atoms. The molecule has 0 aliphatic rings. The van der Waals surface area contributed by atoms with Crippen molar-refractivity contribution in [2.45, 2.75) is 20.0 Å². The van der Waals surface area contributed by atoms with Crippen LogP contribution in [-0.2, 0) is 35.3 Å². The second kappa shape index (κ2) is 16.8. The average molecular weight is 392 g/mol. The number of aliphatic carboxylic acids is 2. The van der Waals surface area contributed by atoms with Crippen molar-refractivity contribution in [3.05, 3.63) is 73.4 Å². The fraction of sp³-hybridized carbons (Fsp3) is 0.200. The molecule has 8 heteroatoms. The summed E-state index contributed by atoms with van der Waals surface area (Å²) in [5, 5.41) is 16.1. The third kappa shape index (κ3) is 17.2. The van der Waals surface area contributed by atoms with Crippen molar-refractivity contribution in [1.82, 2.24) is 0 Å². The van der Waals surface area contributed by atoms with Crippen molar-refractivity contribution in [3.8, 4) is 0 Å². The van der Waals surface area contributed by atoms with Gasteiger partial charge in [-0.15, -0.1) is 0 Å². The second-order valence-electron chi connectivity index (χ2n) is 4.73. The first-order valence-electron chi connectivity index (χ1n) is 7.93. The Balaban J connectivity index is 0. The Labute approximate surface area is 163 Å². The van der Waals surface area contributed by atoms with Crippen LogP contribution in [0, 0.1) is 0 Å². The average Bonchev–Trinajstić information content (AvgIpc) is 2.67. The first-order valence-corrected chi connectivity index (χ1v) is 7.93. The Morgan fingerprint density at radius 1 is 0.964 bits per heavy atom. The number of carboxylic acids is 2. The molecule has 1 aromatic carbocycles. The highest BCUT2D eigenvalue weighted by Gasteiger charge is 2.07. The molecule has 0 heterocycles. The molecule has 0 aliphatic carbocycles. The van der Waals surface area contributed by atoms with Crippen molar-refractivity contribution < 1.29 is 38.9 Å². The molecule has 0 unspecified atom stereocenters. The fourth-order valence-corrected chi connectivity index (χ4v) is 1.25. The summed E-state index contributed by atoms with van der Waals surface area (Å²) in [6.07, 6.45) is 1.79. The molecule has 8 nitrogen and oxygen atoms in total. The zero-order valence-electron chi connectivity index (χ0n) is 15.6. The molecule has 0 atom stereocenters. The third-order valence-corrected chi connectivity index (χ3v) is 2.51. The number of carbonyl (C=O) groups is 4. The lowest BCUT2D eigenvalue weighted by molar-refractivity contribution is -0.139. The molecular formula is C20H24O8. The van der Waals surface area contributed by atoms with E-state index in [-0.39, 0.29) is 17.5 Å². The largest absolute Gasteiger partial charge is 0.481 e. The summed E-state index contributed by atoms with van der Waals surface area (Å²) in [6, 6.07) is 9.51. The zero-order valence-corrected chi connectivity index (χ0v) is 15.6. The molecule has 0 saturated carbocycles. The lowest BCUT2D eigenvalue weighted by atomic mass is 10.2. The molecule has 1 rings (SSSR count). The van der Waals surface area contributed by atoms with E-state index < -0.39 is 18.4 Å². The molecule has 152 valence electrons. The number of rotatable bonds is 8. The summed E-state index contributed by atoms with van der Waals surface area (Å²) in [5.74, 6) is -3.19. The van der Waals surface area contributed by atoms with E-state index >= 15 is 0 Å². The van der Waals surface area contributed by atoms with Crippen LogP contribution in [0.2, 0.25) is 0 Å². The van der Waals surface area contributed by atoms with Crippen molar-refractivity contribution in [3.63, 3.8) is 0 Å². The second-order valence-corrected chi connectivity index (χ2v) is 4.73. The van der Waals surface area contributed by atoms with Crippen molar-refractivity contribution in [2.75, 3.05) is 6.61 Å². The van der Waals surface area contributed by atoms with E-state index in [1.807, 2.05) is 30.3 Å². The fourth-order valence-electron chi connectivity index (χ4n) is 1.25. The van der Waals surface area contributed by atoms with E-state index in [1.165, 1.54) is 0 Å². The summed E-state index contributed by atoms with van der Waals surface area (Å²) in [4.78, 5) is 40.4. The molecule has 28 heavy (non-hydrogen) atoms.